The van der Waals surface area contributed by atoms with Crippen LogP contribution < -0.4 is 26.2 Å². The van der Waals surface area contributed by atoms with Gasteiger partial charge in [-0.15, -0.1) is 0 Å². The number of benzene rings is 2. The fourth-order valence-corrected chi connectivity index (χ4v) is 2.66. The van der Waals surface area contributed by atoms with Crippen molar-refractivity contribution in [3.05, 3.63) is 58.6 Å². The highest BCUT2D eigenvalue weighted by Crippen LogP contribution is 2.17. The first-order chi connectivity index (χ1) is 14.7. The number of ether oxygens (including phenoxy) is 1. The van der Waals surface area contributed by atoms with E-state index in [4.69, 9.17) is 28.6 Å². The zero-order valence-corrected chi connectivity index (χ0v) is 18.7. The fourth-order valence-electron chi connectivity index (χ4n) is 2.37. The Bertz CT molecular complexity index is 966. The van der Waals surface area contributed by atoms with Crippen LogP contribution in [-0.4, -0.2) is 29.4 Å². The third kappa shape index (κ3) is 9.02. The van der Waals surface area contributed by atoms with Gasteiger partial charge in [-0.25, -0.2) is 0 Å². The van der Waals surface area contributed by atoms with Gasteiger partial charge >= 0.3 is 0 Å². The van der Waals surface area contributed by atoms with E-state index in [0.717, 1.165) is 11.1 Å². The second kappa shape index (κ2) is 11.9. The average molecular weight is 463 g/mol. The van der Waals surface area contributed by atoms with Gasteiger partial charge in [0.15, 0.2) is 11.7 Å². The standard InChI is InChI=1S/C21H23ClN4O4S/c1-13-3-4-14(2)17(11-13)23-18(27)9-10-19(28)25-26-21(31)24-20(29)12-30-16-7-5-15(22)6-8-16/h3-8,11H,9-10,12H2,1-2H3,(H,23,27)(H,25,28)(H2,24,26,29,31). The molecule has 0 saturated heterocycles. The largest absolute Gasteiger partial charge is 0.484 e. The molecule has 3 amide bonds. The molecule has 0 unspecified atom stereocenters. The summed E-state index contributed by atoms with van der Waals surface area (Å²) in [4.78, 5) is 35.8. The van der Waals surface area contributed by atoms with Gasteiger partial charge in [0.05, 0.1) is 0 Å². The maximum atomic E-state index is 12.1. The lowest BCUT2D eigenvalue weighted by Gasteiger charge is -2.12. The zero-order chi connectivity index (χ0) is 22.8. The number of amides is 3. The fraction of sp³-hybridized carbons (Fsp3) is 0.238. The number of aryl methyl sites for hydroxylation is 2. The molecule has 164 valence electrons. The summed E-state index contributed by atoms with van der Waals surface area (Å²) in [5.41, 5.74) is 7.41. The number of hydrogen-bond donors (Lipinski definition) is 4. The van der Waals surface area contributed by atoms with Crippen LogP contribution in [0.25, 0.3) is 0 Å². The van der Waals surface area contributed by atoms with Crippen molar-refractivity contribution < 1.29 is 19.1 Å². The number of hydrazine groups is 1. The molecule has 4 N–H and O–H groups in total. The lowest BCUT2D eigenvalue weighted by atomic mass is 10.1. The topological polar surface area (TPSA) is 109 Å². The summed E-state index contributed by atoms with van der Waals surface area (Å²) in [7, 11) is 0. The van der Waals surface area contributed by atoms with E-state index in [2.05, 4.69) is 21.5 Å². The Labute approximate surface area is 190 Å². The molecule has 0 aliphatic rings. The molecule has 2 aromatic rings. The molecule has 0 aromatic heterocycles. The van der Waals surface area contributed by atoms with Crippen molar-refractivity contribution in [1.82, 2.24) is 16.2 Å². The Morgan fingerprint density at radius 1 is 0.935 bits per heavy atom. The van der Waals surface area contributed by atoms with Crippen molar-refractivity contribution in [1.29, 1.82) is 0 Å². The highest BCUT2D eigenvalue weighted by Gasteiger charge is 2.10. The molecule has 0 heterocycles. The molecule has 0 radical (unpaired) electrons. The molecule has 10 heteroatoms. The molecular weight excluding hydrogens is 440 g/mol. The number of hydrogen-bond acceptors (Lipinski definition) is 5. The van der Waals surface area contributed by atoms with Crippen LogP contribution in [0.4, 0.5) is 5.69 Å². The van der Waals surface area contributed by atoms with Crippen molar-refractivity contribution in [2.24, 2.45) is 0 Å². The van der Waals surface area contributed by atoms with Crippen LogP contribution in [-0.2, 0) is 14.4 Å². The van der Waals surface area contributed by atoms with E-state index in [1.165, 1.54) is 0 Å². The van der Waals surface area contributed by atoms with Gasteiger partial charge in [0.2, 0.25) is 11.8 Å². The van der Waals surface area contributed by atoms with Crippen LogP contribution >= 0.6 is 23.8 Å². The van der Waals surface area contributed by atoms with Gasteiger partial charge in [-0.3, -0.25) is 30.6 Å². The number of carbonyl (C=O) groups is 3. The highest BCUT2D eigenvalue weighted by atomic mass is 35.5. The summed E-state index contributed by atoms with van der Waals surface area (Å²) in [6.45, 7) is 3.55. The lowest BCUT2D eigenvalue weighted by Crippen LogP contribution is -2.49. The number of carbonyl (C=O) groups excluding carboxylic acids is 3. The van der Waals surface area contributed by atoms with Crippen LogP contribution in [0.3, 0.4) is 0 Å². The predicted molar refractivity (Wildman–Crippen MR) is 123 cm³/mol. The molecule has 0 bridgehead atoms. The summed E-state index contributed by atoms with van der Waals surface area (Å²) in [6, 6.07) is 12.3. The summed E-state index contributed by atoms with van der Waals surface area (Å²) in [5.74, 6) is -0.760. The summed E-state index contributed by atoms with van der Waals surface area (Å²) in [5, 5.41) is 5.60. The number of anilines is 1. The highest BCUT2D eigenvalue weighted by molar-refractivity contribution is 7.80. The Morgan fingerprint density at radius 3 is 2.32 bits per heavy atom. The lowest BCUT2D eigenvalue weighted by molar-refractivity contribution is -0.125. The van der Waals surface area contributed by atoms with Gasteiger partial charge in [-0.05, 0) is 67.5 Å². The van der Waals surface area contributed by atoms with Gasteiger partial charge in [-0.1, -0.05) is 23.7 Å². The Morgan fingerprint density at radius 2 is 1.61 bits per heavy atom. The van der Waals surface area contributed by atoms with Gasteiger partial charge in [0.1, 0.15) is 5.75 Å². The molecule has 0 aliphatic carbocycles. The van der Waals surface area contributed by atoms with E-state index in [1.807, 2.05) is 32.0 Å². The zero-order valence-electron chi connectivity index (χ0n) is 17.1. The quantitative estimate of drug-likeness (QED) is 0.372. The summed E-state index contributed by atoms with van der Waals surface area (Å²) in [6.07, 6.45) is -0.0606. The summed E-state index contributed by atoms with van der Waals surface area (Å²) >= 11 is 10.7. The molecule has 0 fully saturated rings. The van der Waals surface area contributed by atoms with Crippen LogP contribution in [0, 0.1) is 13.8 Å². The first-order valence-corrected chi connectivity index (χ1v) is 10.2. The first kappa shape index (κ1) is 24.1. The van der Waals surface area contributed by atoms with Gasteiger partial charge < -0.3 is 10.1 Å². The van der Waals surface area contributed by atoms with E-state index >= 15 is 0 Å². The van der Waals surface area contributed by atoms with Crippen molar-refractivity contribution in [2.75, 3.05) is 11.9 Å². The van der Waals surface area contributed by atoms with Crippen molar-refractivity contribution >= 4 is 52.3 Å². The molecule has 0 spiro atoms. The monoisotopic (exact) mass is 462 g/mol. The normalized spacial score (nSPS) is 10.0. The van der Waals surface area contributed by atoms with E-state index in [9.17, 15) is 14.4 Å². The van der Waals surface area contributed by atoms with Crippen LogP contribution in [0.15, 0.2) is 42.5 Å². The maximum Gasteiger partial charge on any atom is 0.264 e. The minimum atomic E-state index is -0.505. The number of nitrogens with one attached hydrogen (secondary N) is 4. The molecule has 0 saturated carbocycles. The average Bonchev–Trinajstić information content (AvgIpc) is 2.73. The second-order valence-electron chi connectivity index (χ2n) is 6.66. The van der Waals surface area contributed by atoms with Crippen molar-refractivity contribution in [3.63, 3.8) is 0 Å². The van der Waals surface area contributed by atoms with E-state index in [0.29, 0.717) is 16.5 Å². The SMILES string of the molecule is Cc1ccc(C)c(NC(=O)CCC(=O)NNC(=S)NC(=O)COc2ccc(Cl)cc2)c1. The number of thiocarbonyl (C=S) groups is 1. The first-order valence-electron chi connectivity index (χ1n) is 9.37. The number of halogens is 1. The summed E-state index contributed by atoms with van der Waals surface area (Å²) < 4.78 is 5.29. The molecule has 8 nitrogen and oxygen atoms in total. The predicted octanol–water partition coefficient (Wildman–Crippen LogP) is 2.78. The minimum Gasteiger partial charge on any atom is -0.484 e. The van der Waals surface area contributed by atoms with E-state index in [1.54, 1.807) is 24.3 Å². The van der Waals surface area contributed by atoms with Crippen LogP contribution in [0.2, 0.25) is 5.02 Å². The third-order valence-electron chi connectivity index (χ3n) is 4.00. The van der Waals surface area contributed by atoms with Gasteiger partial charge in [0, 0.05) is 23.6 Å². The van der Waals surface area contributed by atoms with E-state index in [-0.39, 0.29) is 30.5 Å². The van der Waals surface area contributed by atoms with Crippen LogP contribution in [0.5, 0.6) is 5.75 Å². The molecular formula is C21H23ClN4O4S. The Hall–Kier alpha value is -3.17. The van der Waals surface area contributed by atoms with Crippen LogP contribution in [0.1, 0.15) is 24.0 Å². The molecule has 2 aromatic carbocycles. The van der Waals surface area contributed by atoms with E-state index < -0.39 is 11.8 Å². The Kier molecular flexibility index (Phi) is 9.23. The second-order valence-corrected chi connectivity index (χ2v) is 7.50. The van der Waals surface area contributed by atoms with Gasteiger partial charge in [-0.2, -0.15) is 0 Å². The van der Waals surface area contributed by atoms with Crippen molar-refractivity contribution in [2.45, 2.75) is 26.7 Å². The molecule has 31 heavy (non-hydrogen) atoms. The molecule has 2 rings (SSSR count). The maximum absolute atomic E-state index is 12.1. The smallest absolute Gasteiger partial charge is 0.264 e. The van der Waals surface area contributed by atoms with Gasteiger partial charge in [0.25, 0.3) is 5.91 Å². The number of rotatable bonds is 7. The van der Waals surface area contributed by atoms with Crippen molar-refractivity contribution in [3.8, 4) is 5.75 Å². The minimum absolute atomic E-state index is 0.00501. The Balaban J connectivity index is 1.64. The third-order valence-corrected chi connectivity index (χ3v) is 4.45. The molecule has 0 atom stereocenters. The molecule has 0 aliphatic heterocycles.